The largest absolute Gasteiger partial charge is 0.462 e. The Hall–Kier alpha value is -2.01. The van der Waals surface area contributed by atoms with E-state index in [1.807, 2.05) is 26.0 Å². The SMILES string of the molecule is CC[C@H](C)C1O[C@]2(CC[C@@H]1C)CC1CC(C/C=C(\C)[C@@H](O)[C@@H](C)/C=C/C=C3\COC4[C@H](OC(=O)C(C)(C)CCl)C(C)=CC(C(=O)O1)[C@]34O)O2. The predicted octanol–water partition coefficient (Wildman–Crippen LogP) is 6.35. The van der Waals surface area contributed by atoms with Gasteiger partial charge in [-0.15, -0.1) is 11.6 Å². The first-order valence-corrected chi connectivity index (χ1v) is 18.7. The number of hydrogen-bond acceptors (Lipinski definition) is 9. The minimum absolute atomic E-state index is 0.00981. The average Bonchev–Trinajstić information content (AvgIpc) is 3.40. The van der Waals surface area contributed by atoms with Gasteiger partial charge in [-0.2, -0.15) is 0 Å². The van der Waals surface area contributed by atoms with E-state index in [9.17, 15) is 19.8 Å². The number of ether oxygens (including phenoxy) is 5. The molecular weight excluding hydrogens is 648 g/mol. The van der Waals surface area contributed by atoms with Crippen LogP contribution in [0.3, 0.4) is 0 Å². The first-order chi connectivity index (χ1) is 23.0. The minimum atomic E-state index is -1.85. The molecule has 5 aliphatic rings. The van der Waals surface area contributed by atoms with Gasteiger partial charge in [0.05, 0.1) is 30.3 Å². The van der Waals surface area contributed by atoms with E-state index in [0.29, 0.717) is 48.7 Å². The standard InChI is InChI=1S/C39H57ClO9/c1-9-22(2)32-25(5)15-16-38(49-32)19-29-18-28(48-38)14-13-24(4)31(41)23(3)11-10-12-27-20-45-34-33(47-36(43)37(7,8)21-40)26(6)17-30(35(42)46-29)39(27,34)44/h10-13,17,22-23,25,28-34,41,44H,9,14-16,18-21H2,1-8H3/b11-10+,24-13+,27-12+/t22-,23-,25-,28?,29?,30?,31-,32?,33+,34?,38+,39+/m0/s1. The van der Waals surface area contributed by atoms with Gasteiger partial charge in [0.2, 0.25) is 0 Å². The lowest BCUT2D eigenvalue weighted by Crippen LogP contribution is -2.59. The number of carbonyl (C=O) groups is 2. The molecule has 0 saturated carbocycles. The summed E-state index contributed by atoms with van der Waals surface area (Å²) in [6.07, 6.45) is 9.43. The summed E-state index contributed by atoms with van der Waals surface area (Å²) in [7, 11) is 0. The maximum absolute atomic E-state index is 14.4. The van der Waals surface area contributed by atoms with Gasteiger partial charge in [-0.3, -0.25) is 9.59 Å². The second kappa shape index (κ2) is 14.9. The Bertz CT molecular complexity index is 1360. The normalized spacial score (nSPS) is 43.6. The molecule has 0 radical (unpaired) electrons. The van der Waals surface area contributed by atoms with E-state index in [2.05, 4.69) is 20.8 Å². The number of halogens is 1. The predicted molar refractivity (Wildman–Crippen MR) is 187 cm³/mol. The Morgan fingerprint density at radius 1 is 1.18 bits per heavy atom. The van der Waals surface area contributed by atoms with E-state index in [1.54, 1.807) is 39.0 Å². The summed E-state index contributed by atoms with van der Waals surface area (Å²) in [5.41, 5.74) is -0.953. The molecule has 4 heterocycles. The molecule has 0 amide bonds. The van der Waals surface area contributed by atoms with Crippen molar-refractivity contribution in [2.75, 3.05) is 12.5 Å². The lowest BCUT2D eigenvalue weighted by atomic mass is 9.70. The number of allylic oxidation sites excluding steroid dienone is 2. The fourth-order valence-electron chi connectivity index (χ4n) is 8.02. The molecule has 0 aromatic carbocycles. The summed E-state index contributed by atoms with van der Waals surface area (Å²) >= 11 is 6.08. The third kappa shape index (κ3) is 7.63. The van der Waals surface area contributed by atoms with Crippen molar-refractivity contribution in [1.82, 2.24) is 0 Å². The van der Waals surface area contributed by atoms with Crippen molar-refractivity contribution in [1.29, 1.82) is 0 Å². The number of rotatable bonds is 5. The van der Waals surface area contributed by atoms with Crippen LogP contribution >= 0.6 is 11.6 Å². The van der Waals surface area contributed by atoms with Crippen LogP contribution in [0, 0.1) is 29.1 Å². The van der Waals surface area contributed by atoms with Gasteiger partial charge >= 0.3 is 11.9 Å². The summed E-state index contributed by atoms with van der Waals surface area (Å²) in [6, 6.07) is 0. The van der Waals surface area contributed by atoms with Gasteiger partial charge in [0.15, 0.2) is 11.9 Å². The van der Waals surface area contributed by atoms with Crippen LogP contribution in [-0.2, 0) is 33.3 Å². The third-order valence-corrected chi connectivity index (χ3v) is 12.2. The molecule has 5 rings (SSSR count). The molecule has 10 heteroatoms. The van der Waals surface area contributed by atoms with Crippen LogP contribution in [-0.4, -0.2) is 82.7 Å². The molecule has 9 nitrogen and oxygen atoms in total. The Morgan fingerprint density at radius 3 is 2.61 bits per heavy atom. The maximum Gasteiger partial charge on any atom is 0.316 e. The molecule has 1 aliphatic carbocycles. The number of alkyl halides is 1. The van der Waals surface area contributed by atoms with E-state index < -0.39 is 59.1 Å². The van der Waals surface area contributed by atoms with Gasteiger partial charge in [-0.05, 0) is 69.1 Å². The molecular formula is C39H57ClO9. The monoisotopic (exact) mass is 704 g/mol. The molecule has 2 bridgehead atoms. The first kappa shape index (κ1) is 38.2. The zero-order valence-corrected chi connectivity index (χ0v) is 31.2. The fraction of sp³-hybridized carbons (Fsp3) is 0.744. The lowest BCUT2D eigenvalue weighted by Gasteiger charge is -2.51. The molecule has 49 heavy (non-hydrogen) atoms. The van der Waals surface area contributed by atoms with Gasteiger partial charge in [-0.25, -0.2) is 0 Å². The van der Waals surface area contributed by atoms with Crippen molar-refractivity contribution in [3.8, 4) is 0 Å². The molecule has 2 N–H and O–H groups in total. The van der Waals surface area contributed by atoms with E-state index in [0.717, 1.165) is 18.4 Å². The maximum atomic E-state index is 14.4. The number of aliphatic hydroxyl groups is 2. The van der Waals surface area contributed by atoms with Crippen molar-refractivity contribution in [2.24, 2.45) is 29.1 Å². The van der Waals surface area contributed by atoms with Crippen molar-refractivity contribution in [3.05, 3.63) is 47.1 Å². The Balaban J connectivity index is 1.54. The van der Waals surface area contributed by atoms with Crippen LogP contribution in [0.15, 0.2) is 47.1 Å². The molecule has 12 atom stereocenters. The van der Waals surface area contributed by atoms with Crippen molar-refractivity contribution in [2.45, 2.75) is 142 Å². The van der Waals surface area contributed by atoms with Crippen molar-refractivity contribution >= 4 is 23.5 Å². The molecule has 274 valence electrons. The minimum Gasteiger partial charge on any atom is -0.462 e. The van der Waals surface area contributed by atoms with Crippen LogP contribution < -0.4 is 0 Å². The Morgan fingerprint density at radius 2 is 1.92 bits per heavy atom. The van der Waals surface area contributed by atoms with Gasteiger partial charge < -0.3 is 33.9 Å². The van der Waals surface area contributed by atoms with Crippen LogP contribution in [0.5, 0.6) is 0 Å². The lowest BCUT2D eigenvalue weighted by molar-refractivity contribution is -0.340. The summed E-state index contributed by atoms with van der Waals surface area (Å²) < 4.78 is 32.1. The number of hydrogen-bond donors (Lipinski definition) is 2. The number of esters is 2. The molecule has 3 fully saturated rings. The number of fused-ring (bicyclic) bond motifs is 2. The molecule has 5 unspecified atom stereocenters. The summed E-state index contributed by atoms with van der Waals surface area (Å²) in [5.74, 6) is -2.62. The summed E-state index contributed by atoms with van der Waals surface area (Å²) in [5, 5.41) is 23.8. The molecule has 0 aromatic rings. The molecule has 4 aliphatic heterocycles. The van der Waals surface area contributed by atoms with Crippen molar-refractivity contribution < 1.29 is 43.5 Å². The Kier molecular flexibility index (Phi) is 11.6. The highest BCUT2D eigenvalue weighted by Gasteiger charge is 2.61. The molecule has 3 saturated heterocycles. The smallest absolute Gasteiger partial charge is 0.316 e. The van der Waals surface area contributed by atoms with Crippen LogP contribution in [0.2, 0.25) is 0 Å². The van der Waals surface area contributed by atoms with Crippen molar-refractivity contribution in [3.63, 3.8) is 0 Å². The van der Waals surface area contributed by atoms with E-state index in [1.165, 1.54) is 0 Å². The fourth-order valence-corrected chi connectivity index (χ4v) is 8.13. The number of aliphatic hydroxyl groups excluding tert-OH is 1. The van der Waals surface area contributed by atoms with E-state index in [-0.39, 0.29) is 30.6 Å². The molecule has 1 spiro atoms. The highest BCUT2D eigenvalue weighted by atomic mass is 35.5. The third-order valence-electron chi connectivity index (χ3n) is 11.6. The van der Waals surface area contributed by atoms with E-state index in [4.69, 9.17) is 35.3 Å². The second-order valence-corrected chi connectivity index (χ2v) is 16.3. The zero-order chi connectivity index (χ0) is 35.9. The van der Waals surface area contributed by atoms with Gasteiger partial charge in [0.1, 0.15) is 23.7 Å². The molecule has 0 aromatic heterocycles. The number of carbonyl (C=O) groups excluding carboxylic acids is 2. The quantitative estimate of drug-likeness (QED) is 0.192. The summed E-state index contributed by atoms with van der Waals surface area (Å²) in [4.78, 5) is 27.5. The average molecular weight is 705 g/mol. The topological polar surface area (TPSA) is 121 Å². The second-order valence-electron chi connectivity index (χ2n) is 16.0. The highest BCUT2D eigenvalue weighted by molar-refractivity contribution is 6.19. The first-order valence-electron chi connectivity index (χ1n) is 18.1. The van der Waals surface area contributed by atoms with Gasteiger partial charge in [-0.1, -0.05) is 64.5 Å². The van der Waals surface area contributed by atoms with Crippen LogP contribution in [0.1, 0.15) is 93.9 Å². The summed E-state index contributed by atoms with van der Waals surface area (Å²) in [6.45, 7) is 15.6. The van der Waals surface area contributed by atoms with Crippen LogP contribution in [0.25, 0.3) is 0 Å². The van der Waals surface area contributed by atoms with Crippen LogP contribution in [0.4, 0.5) is 0 Å². The Labute approximate surface area is 297 Å². The zero-order valence-electron chi connectivity index (χ0n) is 30.4. The van der Waals surface area contributed by atoms with Gasteiger partial charge in [0, 0.05) is 31.1 Å². The highest BCUT2D eigenvalue weighted by Crippen LogP contribution is 2.48. The van der Waals surface area contributed by atoms with E-state index >= 15 is 0 Å². The van der Waals surface area contributed by atoms with Gasteiger partial charge in [0.25, 0.3) is 0 Å².